The molecule has 7 nitrogen and oxygen atoms in total. The van der Waals surface area contributed by atoms with Crippen LogP contribution in [0.2, 0.25) is 0 Å². The second-order valence-electron chi connectivity index (χ2n) is 6.29. The van der Waals surface area contributed by atoms with E-state index >= 15 is 0 Å². The van der Waals surface area contributed by atoms with Gasteiger partial charge < -0.3 is 30.6 Å². The highest BCUT2D eigenvalue weighted by molar-refractivity contribution is 6.14. The summed E-state index contributed by atoms with van der Waals surface area (Å²) in [6.07, 6.45) is 4.23. The molecule has 2 aliphatic rings. The van der Waals surface area contributed by atoms with Crippen molar-refractivity contribution < 1.29 is 19.4 Å². The Labute approximate surface area is 157 Å². The Morgan fingerprint density at radius 3 is 2.74 bits per heavy atom. The van der Waals surface area contributed by atoms with Gasteiger partial charge in [-0.2, -0.15) is 0 Å². The van der Waals surface area contributed by atoms with Crippen LogP contribution in [0.4, 0.5) is 0 Å². The number of nitrogens with one attached hydrogen (secondary N) is 3. The zero-order valence-electron chi connectivity index (χ0n) is 15.1. The van der Waals surface area contributed by atoms with E-state index in [9.17, 15) is 9.90 Å². The highest BCUT2D eigenvalue weighted by Gasteiger charge is 2.29. The van der Waals surface area contributed by atoms with Gasteiger partial charge in [-0.3, -0.25) is 4.79 Å². The number of likely N-dealkylation sites (N-methyl/N-ethyl adjacent to an activating group) is 1. The van der Waals surface area contributed by atoms with E-state index in [1.165, 1.54) is 0 Å². The molecule has 1 aromatic carbocycles. The number of aliphatic hydroxyl groups excluding tert-OH is 1. The number of ether oxygens (including phenoxy) is 2. The van der Waals surface area contributed by atoms with Crippen molar-refractivity contribution in [1.82, 2.24) is 10.6 Å². The van der Waals surface area contributed by atoms with E-state index in [0.717, 1.165) is 5.56 Å². The average molecular weight is 369 g/mol. The van der Waals surface area contributed by atoms with E-state index < -0.39 is 18.1 Å². The number of aliphatic hydroxyl groups is 1. The third-order valence-electron chi connectivity index (χ3n) is 4.35. The Bertz CT molecular complexity index is 799. The number of carbonyl (C=O) groups is 1. The molecule has 0 saturated carbocycles. The minimum Gasteiger partial charge on any atom is -0.489 e. The fourth-order valence-corrected chi connectivity index (χ4v) is 2.85. The molecule has 0 bridgehead atoms. The van der Waals surface area contributed by atoms with Crippen molar-refractivity contribution >= 4 is 11.6 Å². The Balaban J connectivity index is 1.75. The summed E-state index contributed by atoms with van der Waals surface area (Å²) in [4.78, 5) is 12.6. The molecule has 1 aliphatic heterocycles. The van der Waals surface area contributed by atoms with Crippen molar-refractivity contribution in [1.29, 1.82) is 5.41 Å². The second-order valence-corrected chi connectivity index (χ2v) is 6.29. The van der Waals surface area contributed by atoms with Gasteiger partial charge in [0, 0.05) is 12.6 Å². The largest absolute Gasteiger partial charge is 0.489 e. The number of hydrogen-bond acceptors (Lipinski definition) is 6. The molecule has 1 aromatic rings. The smallest absolute Gasteiger partial charge is 0.268 e. The van der Waals surface area contributed by atoms with Crippen molar-refractivity contribution in [3.05, 3.63) is 71.2 Å². The molecule has 2 atom stereocenters. The Kier molecular flexibility index (Phi) is 6.05. The third kappa shape index (κ3) is 4.64. The average Bonchev–Trinajstić information content (AvgIpc) is 3.08. The second kappa shape index (κ2) is 8.66. The molecule has 3 rings (SSSR count). The molecule has 1 amide bonds. The molecule has 4 N–H and O–H groups in total. The Morgan fingerprint density at radius 2 is 2.07 bits per heavy atom. The van der Waals surface area contributed by atoms with E-state index in [2.05, 4.69) is 10.6 Å². The lowest BCUT2D eigenvalue weighted by molar-refractivity contribution is -0.119. The number of hydrogen-bond donors (Lipinski definition) is 4. The van der Waals surface area contributed by atoms with Gasteiger partial charge in [0.05, 0.1) is 31.1 Å². The topological polar surface area (TPSA) is 104 Å². The van der Waals surface area contributed by atoms with Gasteiger partial charge in [0.15, 0.2) is 0 Å². The standard InChI is InChI=1S/C20H23N3O4/c1-22-19(20(25)23-17-11-26-12-18(17)24)15-9-14(7-8-16(15)21)27-10-13-5-3-2-4-6-13/h2-9,17-18,21-22,24H,10-12H2,1H3,(H,23,25)/b19-15-,21-16?/t17-,18-/m1/s1. The molecule has 142 valence electrons. The van der Waals surface area contributed by atoms with Crippen molar-refractivity contribution in [2.45, 2.75) is 18.8 Å². The molecule has 1 aliphatic carbocycles. The molecule has 1 saturated heterocycles. The number of amides is 1. The van der Waals surface area contributed by atoms with Crippen LogP contribution in [0.5, 0.6) is 0 Å². The summed E-state index contributed by atoms with van der Waals surface area (Å²) >= 11 is 0. The first kappa shape index (κ1) is 18.9. The summed E-state index contributed by atoms with van der Waals surface area (Å²) in [6, 6.07) is 9.29. The number of rotatable bonds is 6. The normalized spacial score (nSPS) is 23.6. The lowest BCUT2D eigenvalue weighted by atomic mass is 10.0. The predicted molar refractivity (Wildman–Crippen MR) is 101 cm³/mol. The van der Waals surface area contributed by atoms with Crippen molar-refractivity contribution in [3.63, 3.8) is 0 Å². The van der Waals surface area contributed by atoms with Gasteiger partial charge >= 0.3 is 0 Å². The van der Waals surface area contributed by atoms with E-state index in [1.807, 2.05) is 30.3 Å². The minimum absolute atomic E-state index is 0.199. The van der Waals surface area contributed by atoms with E-state index in [0.29, 0.717) is 17.9 Å². The fourth-order valence-electron chi connectivity index (χ4n) is 2.85. The number of allylic oxidation sites excluding steroid dienone is 4. The SMILES string of the molecule is CN/C(C(=O)N[C@@H]1COC[C@H]1O)=C1/C=C(OCc2ccccc2)C=CC1=N. The van der Waals surface area contributed by atoms with Crippen LogP contribution in [0.1, 0.15) is 5.56 Å². The summed E-state index contributed by atoms with van der Waals surface area (Å²) in [5, 5.41) is 23.6. The fraction of sp³-hybridized carbons (Fsp3) is 0.300. The maximum Gasteiger partial charge on any atom is 0.268 e. The molecule has 1 heterocycles. The van der Waals surface area contributed by atoms with Crippen LogP contribution >= 0.6 is 0 Å². The number of carbonyl (C=O) groups excluding carboxylic acids is 1. The molecule has 7 heteroatoms. The zero-order chi connectivity index (χ0) is 19.2. The summed E-state index contributed by atoms with van der Waals surface area (Å²) in [5.41, 5.74) is 1.89. The molecule has 0 unspecified atom stereocenters. The minimum atomic E-state index is -0.733. The van der Waals surface area contributed by atoms with Crippen molar-refractivity contribution in [3.8, 4) is 0 Å². The quantitative estimate of drug-likeness (QED) is 0.561. The highest BCUT2D eigenvalue weighted by Crippen LogP contribution is 2.19. The van der Waals surface area contributed by atoms with E-state index in [4.69, 9.17) is 14.9 Å². The first-order valence-corrected chi connectivity index (χ1v) is 8.72. The van der Waals surface area contributed by atoms with E-state index in [-0.39, 0.29) is 24.6 Å². The molecule has 1 fully saturated rings. The van der Waals surface area contributed by atoms with Crippen molar-refractivity contribution in [2.24, 2.45) is 0 Å². The maximum atomic E-state index is 12.6. The summed E-state index contributed by atoms with van der Waals surface area (Å²) < 4.78 is 11.0. The molecular formula is C20H23N3O4. The molecule has 0 aromatic heterocycles. The summed E-state index contributed by atoms with van der Waals surface area (Å²) in [5.74, 6) is 0.162. The van der Waals surface area contributed by atoms with Crippen LogP contribution in [0.3, 0.4) is 0 Å². The van der Waals surface area contributed by atoms with E-state index in [1.54, 1.807) is 25.3 Å². The van der Waals surface area contributed by atoms with Gasteiger partial charge in [0.2, 0.25) is 0 Å². The summed E-state index contributed by atoms with van der Waals surface area (Å²) in [6.45, 7) is 0.856. The molecule has 0 radical (unpaired) electrons. The predicted octanol–water partition coefficient (Wildman–Crippen LogP) is 1.03. The zero-order valence-corrected chi connectivity index (χ0v) is 15.1. The van der Waals surface area contributed by atoms with Gasteiger partial charge in [-0.1, -0.05) is 30.3 Å². The van der Waals surface area contributed by atoms with Crippen LogP contribution in [0, 0.1) is 5.41 Å². The van der Waals surface area contributed by atoms with Crippen molar-refractivity contribution in [2.75, 3.05) is 20.3 Å². The highest BCUT2D eigenvalue weighted by atomic mass is 16.5. The first-order chi connectivity index (χ1) is 13.1. The van der Waals surface area contributed by atoms with Gasteiger partial charge in [-0.25, -0.2) is 0 Å². The molecule has 27 heavy (non-hydrogen) atoms. The van der Waals surface area contributed by atoms with Gasteiger partial charge in [-0.15, -0.1) is 0 Å². The van der Waals surface area contributed by atoms with Gasteiger partial charge in [0.25, 0.3) is 5.91 Å². The van der Waals surface area contributed by atoms with Gasteiger partial charge in [-0.05, 0) is 23.8 Å². The first-order valence-electron chi connectivity index (χ1n) is 8.72. The van der Waals surface area contributed by atoms with Crippen LogP contribution in [-0.2, 0) is 20.9 Å². The van der Waals surface area contributed by atoms with Crippen LogP contribution < -0.4 is 10.6 Å². The number of benzene rings is 1. The molecule has 0 spiro atoms. The molecular weight excluding hydrogens is 346 g/mol. The lowest BCUT2D eigenvalue weighted by Gasteiger charge is -2.19. The van der Waals surface area contributed by atoms with Crippen LogP contribution in [0.15, 0.2) is 65.6 Å². The van der Waals surface area contributed by atoms with Gasteiger partial charge in [0.1, 0.15) is 18.1 Å². The Morgan fingerprint density at radius 1 is 1.30 bits per heavy atom. The third-order valence-corrected chi connectivity index (χ3v) is 4.35. The maximum absolute atomic E-state index is 12.6. The van der Waals surface area contributed by atoms with Crippen LogP contribution in [-0.4, -0.2) is 49.1 Å². The lowest BCUT2D eigenvalue weighted by Crippen LogP contribution is -2.45. The Hall–Kier alpha value is -2.90. The van der Waals surface area contributed by atoms with Crippen LogP contribution in [0.25, 0.3) is 0 Å². The monoisotopic (exact) mass is 369 g/mol. The summed E-state index contributed by atoms with van der Waals surface area (Å²) in [7, 11) is 1.62.